The molecule has 31 heavy (non-hydrogen) atoms. The minimum absolute atomic E-state index is 0.136. The molecule has 0 saturated carbocycles. The molecular formula is C20H20F3N5O3. The van der Waals surface area contributed by atoms with Gasteiger partial charge in [0.05, 0.1) is 5.69 Å². The van der Waals surface area contributed by atoms with E-state index in [1.165, 1.54) is 37.3 Å². The van der Waals surface area contributed by atoms with Crippen LogP contribution in [0.5, 0.6) is 5.75 Å². The largest absolute Gasteiger partial charge is 0.573 e. The number of rotatable bonds is 6. The molecule has 0 aliphatic carbocycles. The molecule has 3 aromatic rings. The number of ether oxygens (including phenoxy) is 1. The van der Waals surface area contributed by atoms with Gasteiger partial charge >= 0.3 is 6.36 Å². The first-order chi connectivity index (χ1) is 14.5. The van der Waals surface area contributed by atoms with Crippen LogP contribution in [0.1, 0.15) is 29.9 Å². The van der Waals surface area contributed by atoms with Gasteiger partial charge in [-0.1, -0.05) is 18.2 Å². The zero-order valence-electron chi connectivity index (χ0n) is 17.0. The number of benzene rings is 1. The molecule has 0 saturated heterocycles. The van der Waals surface area contributed by atoms with Crippen LogP contribution in [0, 0.1) is 13.8 Å². The molecule has 0 spiro atoms. The maximum absolute atomic E-state index is 12.6. The van der Waals surface area contributed by atoms with E-state index < -0.39 is 29.6 Å². The van der Waals surface area contributed by atoms with Crippen LogP contribution in [0.2, 0.25) is 0 Å². The van der Waals surface area contributed by atoms with Gasteiger partial charge in [0.15, 0.2) is 5.82 Å². The molecule has 0 radical (unpaired) electrons. The minimum Gasteiger partial charge on any atom is -0.405 e. The Morgan fingerprint density at radius 1 is 1.16 bits per heavy atom. The monoisotopic (exact) mass is 435 g/mol. The summed E-state index contributed by atoms with van der Waals surface area (Å²) in [6.07, 6.45) is -4.85. The average Bonchev–Trinajstić information content (AvgIpc) is 3.03. The van der Waals surface area contributed by atoms with Crippen LogP contribution in [0.3, 0.4) is 0 Å². The molecule has 0 aliphatic rings. The van der Waals surface area contributed by atoms with Crippen LogP contribution in [-0.4, -0.2) is 31.8 Å². The fraction of sp³-hybridized carbons (Fsp3) is 0.300. The average molecular weight is 435 g/mol. The summed E-state index contributed by atoms with van der Waals surface area (Å²) in [6.45, 7) is 4.89. The number of halogens is 3. The number of alkyl halides is 3. The minimum atomic E-state index is -4.85. The zero-order chi connectivity index (χ0) is 22.8. The van der Waals surface area contributed by atoms with Crippen LogP contribution >= 0.6 is 0 Å². The third-order valence-corrected chi connectivity index (χ3v) is 4.44. The van der Waals surface area contributed by atoms with Crippen molar-refractivity contribution in [2.24, 2.45) is 0 Å². The van der Waals surface area contributed by atoms with E-state index >= 15 is 0 Å². The molecule has 164 valence electrons. The lowest BCUT2D eigenvalue weighted by Gasteiger charge is -2.17. The highest BCUT2D eigenvalue weighted by Gasteiger charge is 2.32. The van der Waals surface area contributed by atoms with E-state index in [2.05, 4.69) is 20.3 Å². The SMILES string of the molecule is Cc1cc(C)n(-c2ccc(=O)n([C@@H](C)C(=O)NCc3ccccc3OC(F)(F)F)n2)n1. The fourth-order valence-corrected chi connectivity index (χ4v) is 2.98. The van der Waals surface area contributed by atoms with Crippen LogP contribution in [0.25, 0.3) is 5.82 Å². The fourth-order valence-electron chi connectivity index (χ4n) is 2.98. The van der Waals surface area contributed by atoms with Gasteiger partial charge in [0.1, 0.15) is 11.8 Å². The second-order valence-corrected chi connectivity index (χ2v) is 6.86. The van der Waals surface area contributed by atoms with Crippen molar-refractivity contribution in [1.29, 1.82) is 0 Å². The van der Waals surface area contributed by atoms with Gasteiger partial charge < -0.3 is 10.1 Å². The Kier molecular flexibility index (Phi) is 6.14. The topological polar surface area (TPSA) is 91.0 Å². The molecule has 3 rings (SSSR count). The summed E-state index contributed by atoms with van der Waals surface area (Å²) in [5, 5.41) is 11.0. The molecule has 11 heteroatoms. The normalized spacial score (nSPS) is 12.5. The van der Waals surface area contributed by atoms with E-state index in [1.807, 2.05) is 19.9 Å². The number of para-hydroxylation sites is 1. The molecule has 1 atom stereocenters. The van der Waals surface area contributed by atoms with Crippen LogP contribution < -0.4 is 15.6 Å². The van der Waals surface area contributed by atoms with Crippen LogP contribution in [-0.2, 0) is 11.3 Å². The van der Waals surface area contributed by atoms with E-state index in [1.54, 1.807) is 4.68 Å². The lowest BCUT2D eigenvalue weighted by Crippen LogP contribution is -2.37. The highest BCUT2D eigenvalue weighted by molar-refractivity contribution is 5.79. The Morgan fingerprint density at radius 3 is 2.52 bits per heavy atom. The van der Waals surface area contributed by atoms with Crippen molar-refractivity contribution in [3.8, 4) is 11.6 Å². The Morgan fingerprint density at radius 2 is 1.87 bits per heavy atom. The number of amides is 1. The van der Waals surface area contributed by atoms with Gasteiger partial charge in [0.25, 0.3) is 5.56 Å². The smallest absolute Gasteiger partial charge is 0.405 e. The Labute approximate surface area is 175 Å². The summed E-state index contributed by atoms with van der Waals surface area (Å²) in [5.41, 5.74) is 1.20. The number of hydrogen-bond donors (Lipinski definition) is 1. The van der Waals surface area contributed by atoms with Crippen LogP contribution in [0.4, 0.5) is 13.2 Å². The van der Waals surface area contributed by atoms with E-state index in [-0.39, 0.29) is 12.1 Å². The highest BCUT2D eigenvalue weighted by atomic mass is 19.4. The summed E-state index contributed by atoms with van der Waals surface area (Å²) >= 11 is 0. The van der Waals surface area contributed by atoms with Crippen LogP contribution in [0.15, 0.2) is 47.3 Å². The van der Waals surface area contributed by atoms with E-state index in [9.17, 15) is 22.8 Å². The van der Waals surface area contributed by atoms with E-state index in [4.69, 9.17) is 0 Å². The third-order valence-electron chi connectivity index (χ3n) is 4.44. The summed E-state index contributed by atoms with van der Waals surface area (Å²) in [5.74, 6) is -0.652. The first kappa shape index (κ1) is 22.1. The Bertz CT molecular complexity index is 1150. The van der Waals surface area contributed by atoms with Gasteiger partial charge in [-0.2, -0.15) is 5.10 Å². The number of aryl methyl sites for hydroxylation is 2. The maximum Gasteiger partial charge on any atom is 0.573 e. The number of hydrogen-bond acceptors (Lipinski definition) is 5. The summed E-state index contributed by atoms with van der Waals surface area (Å²) in [6, 6.07) is 9.07. The van der Waals surface area contributed by atoms with Crippen molar-refractivity contribution in [2.75, 3.05) is 0 Å². The molecular weight excluding hydrogens is 415 g/mol. The predicted molar refractivity (Wildman–Crippen MR) is 105 cm³/mol. The molecule has 0 bridgehead atoms. The van der Waals surface area contributed by atoms with Crippen molar-refractivity contribution < 1.29 is 22.7 Å². The number of nitrogens with zero attached hydrogens (tertiary/aromatic N) is 4. The Hall–Kier alpha value is -3.63. The summed E-state index contributed by atoms with van der Waals surface area (Å²) < 4.78 is 44.2. The summed E-state index contributed by atoms with van der Waals surface area (Å²) in [4.78, 5) is 24.9. The van der Waals surface area contributed by atoms with E-state index in [0.29, 0.717) is 5.82 Å². The highest BCUT2D eigenvalue weighted by Crippen LogP contribution is 2.26. The molecule has 0 unspecified atom stereocenters. The van der Waals surface area contributed by atoms with Gasteiger partial charge in [-0.15, -0.1) is 18.3 Å². The molecule has 2 aromatic heterocycles. The third kappa shape index (κ3) is 5.30. The molecule has 0 fully saturated rings. The standard InChI is InChI=1S/C20H20F3N5O3/c1-12-10-13(2)27(25-12)17-8-9-18(29)28(26-17)14(3)19(30)24-11-15-6-4-5-7-16(15)31-20(21,22)23/h4-10,14H,11H2,1-3H3,(H,24,30)/t14-/m0/s1. The molecule has 0 aliphatic heterocycles. The molecule has 1 amide bonds. The first-order valence-corrected chi connectivity index (χ1v) is 9.30. The lowest BCUT2D eigenvalue weighted by molar-refractivity contribution is -0.274. The quantitative estimate of drug-likeness (QED) is 0.643. The number of aromatic nitrogens is 4. The molecule has 8 nitrogen and oxygen atoms in total. The van der Waals surface area contributed by atoms with Gasteiger partial charge in [-0.05, 0) is 39.0 Å². The molecule has 2 heterocycles. The number of carbonyl (C=O) groups is 1. The number of carbonyl (C=O) groups excluding carboxylic acids is 1. The molecule has 1 N–H and O–H groups in total. The van der Waals surface area contributed by atoms with Gasteiger partial charge in [0.2, 0.25) is 5.91 Å². The van der Waals surface area contributed by atoms with Gasteiger partial charge in [0, 0.05) is 23.9 Å². The maximum atomic E-state index is 12.6. The first-order valence-electron chi connectivity index (χ1n) is 9.30. The van der Waals surface area contributed by atoms with Crippen molar-refractivity contribution >= 4 is 5.91 Å². The van der Waals surface area contributed by atoms with Crippen molar-refractivity contribution in [2.45, 2.75) is 39.7 Å². The van der Waals surface area contributed by atoms with Gasteiger partial charge in [-0.25, -0.2) is 9.36 Å². The van der Waals surface area contributed by atoms with Crippen molar-refractivity contribution in [3.05, 3.63) is 69.8 Å². The van der Waals surface area contributed by atoms with E-state index in [0.717, 1.165) is 22.1 Å². The predicted octanol–water partition coefficient (Wildman–Crippen LogP) is 2.82. The second kappa shape index (κ2) is 8.62. The van der Waals surface area contributed by atoms with Crippen molar-refractivity contribution in [3.63, 3.8) is 0 Å². The number of nitrogens with one attached hydrogen (secondary N) is 1. The van der Waals surface area contributed by atoms with Crippen molar-refractivity contribution in [1.82, 2.24) is 24.9 Å². The second-order valence-electron chi connectivity index (χ2n) is 6.86. The zero-order valence-corrected chi connectivity index (χ0v) is 17.0. The van der Waals surface area contributed by atoms with Gasteiger partial charge in [-0.3, -0.25) is 9.59 Å². The summed E-state index contributed by atoms with van der Waals surface area (Å²) in [7, 11) is 0. The molecule has 1 aromatic carbocycles. The Balaban J connectivity index is 1.78. The lowest BCUT2D eigenvalue weighted by atomic mass is 10.2.